The van der Waals surface area contributed by atoms with E-state index in [0.29, 0.717) is 43.2 Å². The van der Waals surface area contributed by atoms with Gasteiger partial charge in [0.1, 0.15) is 5.69 Å². The van der Waals surface area contributed by atoms with Crippen LogP contribution in [0.3, 0.4) is 0 Å². The Balaban J connectivity index is 1.27. The van der Waals surface area contributed by atoms with Gasteiger partial charge < -0.3 is 19.4 Å². The van der Waals surface area contributed by atoms with Crippen LogP contribution in [0.1, 0.15) is 30.8 Å². The summed E-state index contributed by atoms with van der Waals surface area (Å²) >= 11 is 0. The first-order valence-electron chi connectivity index (χ1n) is 11.4. The van der Waals surface area contributed by atoms with Crippen molar-refractivity contribution in [1.29, 1.82) is 0 Å². The number of nitrogens with zero attached hydrogens (tertiary/aromatic N) is 6. The van der Waals surface area contributed by atoms with Gasteiger partial charge in [-0.25, -0.2) is 9.48 Å². The molecule has 2 aromatic heterocycles. The van der Waals surface area contributed by atoms with Crippen molar-refractivity contribution in [1.82, 2.24) is 30.1 Å². The first kappa shape index (κ1) is 23.5. The molecule has 36 heavy (non-hydrogen) atoms. The fourth-order valence-corrected chi connectivity index (χ4v) is 3.82. The minimum absolute atomic E-state index is 0.0353. The first-order valence-corrected chi connectivity index (χ1v) is 11.4. The number of hydrogen-bond acceptors (Lipinski definition) is 7. The van der Waals surface area contributed by atoms with E-state index in [9.17, 15) is 13.6 Å². The van der Waals surface area contributed by atoms with Crippen molar-refractivity contribution in [3.8, 4) is 22.7 Å². The lowest BCUT2D eigenvalue weighted by molar-refractivity contribution is 0.0564. The van der Waals surface area contributed by atoms with Crippen molar-refractivity contribution in [2.45, 2.75) is 19.4 Å². The normalized spacial score (nSPS) is 14.7. The number of ether oxygens (including phenoxy) is 1. The molecule has 1 fully saturated rings. The highest BCUT2D eigenvalue weighted by Crippen LogP contribution is 2.27. The van der Waals surface area contributed by atoms with Crippen LogP contribution in [0.15, 0.2) is 59.1 Å². The maximum absolute atomic E-state index is 12.7. The van der Waals surface area contributed by atoms with Gasteiger partial charge in [-0.15, -0.1) is 15.3 Å². The zero-order valence-electron chi connectivity index (χ0n) is 19.3. The molecule has 2 aromatic carbocycles. The molecule has 0 saturated carbocycles. The molecule has 0 bridgehead atoms. The lowest BCUT2D eigenvalue weighted by Gasteiger charge is -2.26. The fraction of sp³-hybridized carbons (Fsp3) is 0.292. The second-order valence-corrected chi connectivity index (χ2v) is 8.24. The molecule has 0 radical (unpaired) electrons. The van der Waals surface area contributed by atoms with E-state index in [4.69, 9.17) is 9.15 Å². The molecule has 1 saturated heterocycles. The minimum atomic E-state index is -2.81. The van der Waals surface area contributed by atoms with E-state index in [1.165, 1.54) is 0 Å². The van der Waals surface area contributed by atoms with E-state index in [2.05, 4.69) is 25.8 Å². The average Bonchev–Trinajstić information content (AvgIpc) is 3.60. The monoisotopic (exact) mass is 495 g/mol. The summed E-state index contributed by atoms with van der Waals surface area (Å²) in [6.45, 7) is 4.16. The summed E-state index contributed by atoms with van der Waals surface area (Å²) in [4.78, 5) is 14.2. The number of hydrogen-bond donors (Lipinski definition) is 1. The highest BCUT2D eigenvalue weighted by Gasteiger charge is 2.19. The summed E-state index contributed by atoms with van der Waals surface area (Å²) in [5.74, 6) is -0.671. The molecule has 3 heterocycles. The zero-order chi connectivity index (χ0) is 25.1. The smallest absolute Gasteiger partial charge is 0.321 e. The van der Waals surface area contributed by atoms with Crippen molar-refractivity contribution in [2.24, 2.45) is 0 Å². The number of nitrogens with one attached hydrogen (secondary N) is 1. The second kappa shape index (κ2) is 10.2. The van der Waals surface area contributed by atoms with Gasteiger partial charge in [0.05, 0.1) is 25.5 Å². The van der Waals surface area contributed by atoms with Crippen LogP contribution in [0.5, 0.6) is 0 Å². The van der Waals surface area contributed by atoms with E-state index in [0.717, 1.165) is 11.1 Å². The van der Waals surface area contributed by atoms with Crippen LogP contribution in [-0.2, 0) is 4.74 Å². The molecule has 12 heteroatoms. The summed E-state index contributed by atoms with van der Waals surface area (Å²) < 4.78 is 37.4. The van der Waals surface area contributed by atoms with Gasteiger partial charge in [-0.05, 0) is 36.8 Å². The molecule has 0 spiro atoms. The van der Waals surface area contributed by atoms with Crippen LogP contribution < -0.4 is 5.32 Å². The molecule has 5 rings (SSSR count). The average molecular weight is 495 g/mol. The Labute approximate surface area is 204 Å². The van der Waals surface area contributed by atoms with Crippen LogP contribution >= 0.6 is 0 Å². The Morgan fingerprint density at radius 2 is 1.81 bits per heavy atom. The van der Waals surface area contributed by atoms with E-state index < -0.39 is 12.3 Å². The Morgan fingerprint density at radius 1 is 1.03 bits per heavy atom. The van der Waals surface area contributed by atoms with E-state index in [1.807, 2.05) is 49.5 Å². The van der Waals surface area contributed by atoms with Gasteiger partial charge in [0.25, 0.3) is 5.89 Å². The summed E-state index contributed by atoms with van der Waals surface area (Å²) in [6, 6.07) is 14.3. The molecule has 2 amide bonds. The van der Waals surface area contributed by atoms with Crippen LogP contribution in [-0.4, -0.2) is 62.4 Å². The van der Waals surface area contributed by atoms with Crippen molar-refractivity contribution < 1.29 is 22.7 Å². The number of amides is 2. The molecule has 1 atom stereocenters. The maximum atomic E-state index is 12.7. The van der Waals surface area contributed by atoms with Gasteiger partial charge in [0.15, 0.2) is 0 Å². The van der Waals surface area contributed by atoms with Crippen molar-refractivity contribution in [3.63, 3.8) is 0 Å². The molecule has 0 aliphatic carbocycles. The van der Waals surface area contributed by atoms with E-state index in [-0.39, 0.29) is 18.0 Å². The predicted octanol–water partition coefficient (Wildman–Crippen LogP) is 4.41. The highest BCUT2D eigenvalue weighted by atomic mass is 19.3. The number of benzene rings is 2. The quantitative estimate of drug-likeness (QED) is 0.422. The summed E-state index contributed by atoms with van der Waals surface area (Å²) in [6.07, 6.45) is -0.984. The number of halogens is 2. The number of alkyl halides is 2. The lowest BCUT2D eigenvalue weighted by Crippen LogP contribution is -2.43. The van der Waals surface area contributed by atoms with Crippen molar-refractivity contribution in [3.05, 3.63) is 66.2 Å². The van der Waals surface area contributed by atoms with Crippen LogP contribution in [0.4, 0.5) is 19.3 Å². The number of carbonyl (C=O) groups excluding carboxylic acids is 1. The SMILES string of the molecule is C[C@@H](c1ccc(-c2nnc(C(F)F)o2)cc1)n1cc(-c2cccc(NC(=O)N3CCOCC3)c2)nn1. The summed E-state index contributed by atoms with van der Waals surface area (Å²) in [5.41, 5.74) is 3.61. The third-order valence-electron chi connectivity index (χ3n) is 5.88. The van der Waals surface area contributed by atoms with Crippen LogP contribution in [0, 0.1) is 0 Å². The van der Waals surface area contributed by atoms with Gasteiger partial charge in [-0.3, -0.25) is 0 Å². The number of anilines is 1. The largest absolute Gasteiger partial charge is 0.415 e. The van der Waals surface area contributed by atoms with E-state index >= 15 is 0 Å². The molecule has 186 valence electrons. The Kier molecular flexibility index (Phi) is 6.67. The molecular weight excluding hydrogens is 472 g/mol. The first-order chi connectivity index (χ1) is 17.5. The van der Waals surface area contributed by atoms with E-state index in [1.54, 1.807) is 21.7 Å². The molecule has 0 unspecified atom stereocenters. The number of rotatable bonds is 6. The molecule has 1 aliphatic rings. The van der Waals surface area contributed by atoms with Gasteiger partial charge in [0.2, 0.25) is 5.89 Å². The Morgan fingerprint density at radius 3 is 2.53 bits per heavy atom. The van der Waals surface area contributed by atoms with Gasteiger partial charge in [-0.1, -0.05) is 29.5 Å². The third-order valence-corrected chi connectivity index (χ3v) is 5.88. The highest BCUT2D eigenvalue weighted by molar-refractivity contribution is 5.90. The minimum Gasteiger partial charge on any atom is -0.415 e. The molecule has 4 aromatic rings. The predicted molar refractivity (Wildman–Crippen MR) is 125 cm³/mol. The van der Waals surface area contributed by atoms with Gasteiger partial charge in [0, 0.05) is 29.9 Å². The molecule has 1 N–H and O–H groups in total. The number of morpholine rings is 1. The maximum Gasteiger partial charge on any atom is 0.321 e. The lowest BCUT2D eigenvalue weighted by atomic mass is 10.1. The number of carbonyl (C=O) groups is 1. The third kappa shape index (κ3) is 5.08. The van der Waals surface area contributed by atoms with Crippen molar-refractivity contribution in [2.75, 3.05) is 31.6 Å². The van der Waals surface area contributed by atoms with Crippen LogP contribution in [0.25, 0.3) is 22.7 Å². The Bertz CT molecular complexity index is 1330. The fourth-order valence-electron chi connectivity index (χ4n) is 3.82. The van der Waals surface area contributed by atoms with Gasteiger partial charge in [-0.2, -0.15) is 8.78 Å². The Hall–Kier alpha value is -4.19. The second-order valence-electron chi connectivity index (χ2n) is 8.24. The number of urea groups is 1. The van der Waals surface area contributed by atoms with Crippen molar-refractivity contribution >= 4 is 11.7 Å². The standard InChI is InChI=1S/C24H23F2N7O3/c1-15(16-5-7-17(8-6-16)22-29-30-23(36-22)21(25)26)33-14-20(28-31-33)18-3-2-4-19(13-18)27-24(34)32-9-11-35-12-10-32/h2-8,13-15,21H,9-12H2,1H3,(H,27,34)/t15-/m0/s1. The molecule has 1 aliphatic heterocycles. The number of aromatic nitrogens is 5. The molecule has 10 nitrogen and oxygen atoms in total. The summed E-state index contributed by atoms with van der Waals surface area (Å²) in [7, 11) is 0. The molecular formula is C24H23F2N7O3. The van der Waals surface area contributed by atoms with Crippen LogP contribution in [0.2, 0.25) is 0 Å². The zero-order valence-corrected chi connectivity index (χ0v) is 19.3. The summed E-state index contributed by atoms with van der Waals surface area (Å²) in [5, 5.41) is 18.5. The topological polar surface area (TPSA) is 111 Å². The van der Waals surface area contributed by atoms with Gasteiger partial charge >= 0.3 is 12.5 Å².